The standard InChI is InChI=1S/C16H23NO3/c1-11(2)20-14(18)10-17-15(19)12-6-8-13(9-7-12)16(3,4)5/h6-9,11H,10H2,1-5H3,(H,17,19). The number of amides is 1. The van der Waals surface area contributed by atoms with Crippen LogP contribution in [0.5, 0.6) is 0 Å². The van der Waals surface area contributed by atoms with Crippen molar-refractivity contribution < 1.29 is 14.3 Å². The summed E-state index contributed by atoms with van der Waals surface area (Å²) in [6, 6.07) is 7.40. The first-order valence-corrected chi connectivity index (χ1v) is 6.78. The van der Waals surface area contributed by atoms with Gasteiger partial charge in [0.1, 0.15) is 6.54 Å². The number of nitrogens with one attached hydrogen (secondary N) is 1. The normalized spacial score (nSPS) is 11.3. The Hall–Kier alpha value is -1.84. The molecule has 1 aromatic carbocycles. The molecule has 0 saturated heterocycles. The molecule has 1 aromatic rings. The number of rotatable bonds is 4. The van der Waals surface area contributed by atoms with Gasteiger partial charge in [-0.2, -0.15) is 0 Å². The highest BCUT2D eigenvalue weighted by molar-refractivity contribution is 5.95. The van der Waals surface area contributed by atoms with Crippen LogP contribution in [0.3, 0.4) is 0 Å². The molecule has 1 N–H and O–H groups in total. The second kappa shape index (κ2) is 6.55. The van der Waals surface area contributed by atoms with E-state index in [9.17, 15) is 9.59 Å². The maximum atomic E-state index is 11.9. The van der Waals surface area contributed by atoms with E-state index in [1.165, 1.54) is 0 Å². The lowest BCUT2D eigenvalue weighted by Crippen LogP contribution is -2.31. The summed E-state index contributed by atoms with van der Waals surface area (Å²) in [5.41, 5.74) is 1.75. The van der Waals surface area contributed by atoms with E-state index in [2.05, 4.69) is 26.1 Å². The summed E-state index contributed by atoms with van der Waals surface area (Å²) in [5.74, 6) is -0.703. The first kappa shape index (κ1) is 16.2. The molecule has 0 spiro atoms. The fourth-order valence-corrected chi connectivity index (χ4v) is 1.68. The molecule has 110 valence electrons. The monoisotopic (exact) mass is 277 g/mol. The van der Waals surface area contributed by atoms with E-state index in [4.69, 9.17) is 4.74 Å². The van der Waals surface area contributed by atoms with Gasteiger partial charge >= 0.3 is 5.97 Å². The van der Waals surface area contributed by atoms with Crippen LogP contribution >= 0.6 is 0 Å². The Kier molecular flexibility index (Phi) is 5.31. The smallest absolute Gasteiger partial charge is 0.325 e. The predicted molar refractivity (Wildman–Crippen MR) is 78.7 cm³/mol. The number of carbonyl (C=O) groups excluding carboxylic acids is 2. The van der Waals surface area contributed by atoms with Crippen molar-refractivity contribution in [3.63, 3.8) is 0 Å². The number of hydrogen-bond donors (Lipinski definition) is 1. The maximum absolute atomic E-state index is 11.9. The van der Waals surface area contributed by atoms with Crippen molar-refractivity contribution in [1.29, 1.82) is 0 Å². The molecule has 1 amide bonds. The van der Waals surface area contributed by atoms with Crippen LogP contribution in [0, 0.1) is 0 Å². The molecule has 0 bridgehead atoms. The zero-order valence-corrected chi connectivity index (χ0v) is 12.8. The van der Waals surface area contributed by atoms with E-state index >= 15 is 0 Å². The van der Waals surface area contributed by atoms with Crippen LogP contribution in [0.2, 0.25) is 0 Å². The molecule has 0 aliphatic rings. The molecule has 4 heteroatoms. The lowest BCUT2D eigenvalue weighted by Gasteiger charge is -2.19. The molecule has 20 heavy (non-hydrogen) atoms. The first-order valence-electron chi connectivity index (χ1n) is 6.78. The van der Waals surface area contributed by atoms with E-state index in [1.54, 1.807) is 26.0 Å². The van der Waals surface area contributed by atoms with Gasteiger partial charge in [0.2, 0.25) is 0 Å². The van der Waals surface area contributed by atoms with E-state index in [-0.39, 0.29) is 24.0 Å². The van der Waals surface area contributed by atoms with E-state index < -0.39 is 5.97 Å². The molecule has 0 aromatic heterocycles. The molecule has 0 aliphatic carbocycles. The van der Waals surface area contributed by atoms with E-state index in [1.807, 2.05) is 12.1 Å². The summed E-state index contributed by atoms with van der Waals surface area (Å²) in [7, 11) is 0. The lowest BCUT2D eigenvalue weighted by molar-refractivity contribution is -0.146. The van der Waals surface area contributed by atoms with Gasteiger partial charge in [-0.25, -0.2) is 0 Å². The van der Waals surface area contributed by atoms with Crippen LogP contribution in [0.15, 0.2) is 24.3 Å². The Bertz CT molecular complexity index is 469. The summed E-state index contributed by atoms with van der Waals surface area (Å²) >= 11 is 0. The van der Waals surface area contributed by atoms with Crippen LogP contribution in [0.4, 0.5) is 0 Å². The van der Waals surface area contributed by atoms with Gasteiger partial charge in [0, 0.05) is 5.56 Å². The topological polar surface area (TPSA) is 55.4 Å². The molecule has 0 heterocycles. The molecule has 0 radical (unpaired) electrons. The molecular formula is C16H23NO3. The molecule has 0 unspecified atom stereocenters. The number of carbonyl (C=O) groups is 2. The summed E-state index contributed by atoms with van der Waals surface area (Å²) in [6.07, 6.45) is -0.175. The fourth-order valence-electron chi connectivity index (χ4n) is 1.68. The fraction of sp³-hybridized carbons (Fsp3) is 0.500. The third-order valence-electron chi connectivity index (χ3n) is 2.77. The Morgan fingerprint density at radius 2 is 1.70 bits per heavy atom. The van der Waals surface area contributed by atoms with Gasteiger partial charge in [0.25, 0.3) is 5.91 Å². The minimum atomic E-state index is -0.431. The highest BCUT2D eigenvalue weighted by Crippen LogP contribution is 2.22. The summed E-state index contributed by atoms with van der Waals surface area (Å²) in [6.45, 7) is 9.77. The largest absolute Gasteiger partial charge is 0.462 e. The molecule has 0 saturated carbocycles. The van der Waals surface area contributed by atoms with Crippen molar-refractivity contribution in [2.45, 2.75) is 46.1 Å². The summed E-state index contributed by atoms with van der Waals surface area (Å²) in [4.78, 5) is 23.2. The second-order valence-corrected chi connectivity index (χ2v) is 6.05. The quantitative estimate of drug-likeness (QED) is 0.861. The van der Waals surface area contributed by atoms with E-state index in [0.717, 1.165) is 5.56 Å². The van der Waals surface area contributed by atoms with Gasteiger partial charge in [-0.1, -0.05) is 32.9 Å². The number of esters is 1. The van der Waals surface area contributed by atoms with Gasteiger partial charge in [-0.15, -0.1) is 0 Å². The van der Waals surface area contributed by atoms with Crippen molar-refractivity contribution in [3.8, 4) is 0 Å². The minimum absolute atomic E-state index is 0.0517. The van der Waals surface area contributed by atoms with Crippen LogP contribution in [0.25, 0.3) is 0 Å². The summed E-state index contributed by atoms with van der Waals surface area (Å²) < 4.78 is 4.95. The van der Waals surface area contributed by atoms with E-state index in [0.29, 0.717) is 5.56 Å². The van der Waals surface area contributed by atoms with Crippen LogP contribution < -0.4 is 5.32 Å². The number of benzene rings is 1. The van der Waals surface area contributed by atoms with Crippen molar-refractivity contribution in [2.75, 3.05) is 6.54 Å². The SMILES string of the molecule is CC(C)OC(=O)CNC(=O)c1ccc(C(C)(C)C)cc1. The Labute approximate surface area is 120 Å². The second-order valence-electron chi connectivity index (χ2n) is 6.05. The average molecular weight is 277 g/mol. The highest BCUT2D eigenvalue weighted by atomic mass is 16.5. The average Bonchev–Trinajstić information content (AvgIpc) is 2.34. The van der Waals surface area contributed by atoms with Gasteiger partial charge in [0.05, 0.1) is 6.10 Å². The molecule has 4 nitrogen and oxygen atoms in total. The molecule has 0 fully saturated rings. The molecular weight excluding hydrogens is 254 g/mol. The Morgan fingerprint density at radius 1 is 1.15 bits per heavy atom. The zero-order valence-electron chi connectivity index (χ0n) is 12.8. The number of ether oxygens (including phenoxy) is 1. The maximum Gasteiger partial charge on any atom is 0.325 e. The molecule has 0 atom stereocenters. The van der Waals surface area contributed by atoms with Crippen molar-refractivity contribution >= 4 is 11.9 Å². The van der Waals surface area contributed by atoms with Crippen LogP contribution in [0.1, 0.15) is 50.5 Å². The molecule has 0 aliphatic heterocycles. The van der Waals surface area contributed by atoms with Gasteiger partial charge in [0.15, 0.2) is 0 Å². The van der Waals surface area contributed by atoms with Gasteiger partial charge in [-0.3, -0.25) is 9.59 Å². The predicted octanol–water partition coefficient (Wildman–Crippen LogP) is 2.67. The zero-order chi connectivity index (χ0) is 15.3. The number of hydrogen-bond acceptors (Lipinski definition) is 3. The van der Waals surface area contributed by atoms with Crippen molar-refractivity contribution in [2.24, 2.45) is 0 Å². The summed E-state index contributed by atoms with van der Waals surface area (Å²) in [5, 5.41) is 2.55. The van der Waals surface area contributed by atoms with Crippen LogP contribution in [-0.2, 0) is 14.9 Å². The van der Waals surface area contributed by atoms with Crippen molar-refractivity contribution in [3.05, 3.63) is 35.4 Å². The highest BCUT2D eigenvalue weighted by Gasteiger charge is 2.15. The third-order valence-corrected chi connectivity index (χ3v) is 2.77. The van der Waals surface area contributed by atoms with Gasteiger partial charge < -0.3 is 10.1 Å². The lowest BCUT2D eigenvalue weighted by atomic mass is 9.87. The van der Waals surface area contributed by atoms with Crippen LogP contribution in [-0.4, -0.2) is 24.5 Å². The van der Waals surface area contributed by atoms with Crippen molar-refractivity contribution in [1.82, 2.24) is 5.32 Å². The first-order chi connectivity index (χ1) is 9.20. The Balaban J connectivity index is 2.58. The third kappa shape index (κ3) is 5.03. The Morgan fingerprint density at radius 3 is 2.15 bits per heavy atom. The molecule has 1 rings (SSSR count). The minimum Gasteiger partial charge on any atom is -0.462 e. The van der Waals surface area contributed by atoms with Gasteiger partial charge in [-0.05, 0) is 37.0 Å².